The molecule has 1 aliphatic heterocycles. The number of nitrogens with one attached hydrogen (secondary N) is 2. The average molecular weight is 476 g/mol. The summed E-state index contributed by atoms with van der Waals surface area (Å²) in [6, 6.07) is 4.53. The van der Waals surface area contributed by atoms with Crippen LogP contribution in [0.15, 0.2) is 24.3 Å². The second kappa shape index (κ2) is 9.69. The lowest BCUT2D eigenvalue weighted by atomic mass is 9.97. The van der Waals surface area contributed by atoms with Crippen molar-refractivity contribution in [1.82, 2.24) is 14.9 Å². The Kier molecular flexibility index (Phi) is 7.56. The SMILES string of the molecule is CC(C)CC(NS(C)(=O)=O)C(=O)NC1CC[C@H]2CN(Cc3cccc(C(F)(F)F)c3)CC12. The molecule has 0 bridgehead atoms. The van der Waals surface area contributed by atoms with Crippen molar-refractivity contribution in [2.75, 3.05) is 19.3 Å². The Hall–Kier alpha value is -1.65. The summed E-state index contributed by atoms with van der Waals surface area (Å²) in [7, 11) is -3.52. The topological polar surface area (TPSA) is 78.5 Å². The summed E-state index contributed by atoms with van der Waals surface area (Å²) in [6.07, 6.45) is -1.16. The molecule has 3 unspecified atom stereocenters. The van der Waals surface area contributed by atoms with Gasteiger partial charge in [0.1, 0.15) is 6.04 Å². The number of alkyl halides is 3. The van der Waals surface area contributed by atoms with Gasteiger partial charge < -0.3 is 5.32 Å². The first-order valence-corrected chi connectivity index (χ1v) is 12.9. The second-order valence-corrected chi connectivity index (χ2v) is 11.4. The Morgan fingerprint density at radius 2 is 1.94 bits per heavy atom. The summed E-state index contributed by atoms with van der Waals surface area (Å²) in [4.78, 5) is 15.0. The quantitative estimate of drug-likeness (QED) is 0.606. The van der Waals surface area contributed by atoms with Crippen molar-refractivity contribution in [2.24, 2.45) is 17.8 Å². The Morgan fingerprint density at radius 3 is 2.56 bits per heavy atom. The van der Waals surface area contributed by atoms with Gasteiger partial charge in [0.2, 0.25) is 15.9 Å². The van der Waals surface area contributed by atoms with Crippen LogP contribution in [0.3, 0.4) is 0 Å². The lowest BCUT2D eigenvalue weighted by Gasteiger charge is -2.25. The van der Waals surface area contributed by atoms with E-state index in [2.05, 4.69) is 14.9 Å². The van der Waals surface area contributed by atoms with Crippen molar-refractivity contribution in [1.29, 1.82) is 0 Å². The maximum Gasteiger partial charge on any atom is 0.416 e. The zero-order valence-electron chi connectivity index (χ0n) is 18.7. The first-order chi connectivity index (χ1) is 14.8. The third-order valence-corrected chi connectivity index (χ3v) is 7.01. The van der Waals surface area contributed by atoms with Gasteiger partial charge in [0, 0.05) is 25.7 Å². The van der Waals surface area contributed by atoms with Gasteiger partial charge in [-0.15, -0.1) is 0 Å². The van der Waals surface area contributed by atoms with E-state index in [0.29, 0.717) is 31.0 Å². The number of amides is 1. The molecule has 180 valence electrons. The molecule has 1 saturated carbocycles. The number of benzene rings is 1. The van der Waals surface area contributed by atoms with E-state index >= 15 is 0 Å². The number of carbonyl (C=O) groups is 1. The van der Waals surface area contributed by atoms with Crippen LogP contribution >= 0.6 is 0 Å². The van der Waals surface area contributed by atoms with Crippen LogP contribution in [0.25, 0.3) is 0 Å². The summed E-state index contributed by atoms with van der Waals surface area (Å²) in [5.74, 6) is 0.414. The van der Waals surface area contributed by atoms with Crippen molar-refractivity contribution in [3.63, 3.8) is 0 Å². The van der Waals surface area contributed by atoms with E-state index < -0.39 is 27.8 Å². The predicted octanol–water partition coefficient (Wildman–Crippen LogP) is 3.00. The van der Waals surface area contributed by atoms with E-state index in [1.807, 2.05) is 13.8 Å². The van der Waals surface area contributed by atoms with Crippen LogP contribution in [0.4, 0.5) is 13.2 Å². The number of hydrogen-bond donors (Lipinski definition) is 2. The first kappa shape index (κ1) is 25.0. The molecule has 2 fully saturated rings. The molecule has 1 aliphatic carbocycles. The van der Waals surface area contributed by atoms with Crippen molar-refractivity contribution in [2.45, 2.75) is 57.9 Å². The van der Waals surface area contributed by atoms with Crippen LogP contribution < -0.4 is 10.0 Å². The van der Waals surface area contributed by atoms with Crippen LogP contribution in [0.5, 0.6) is 0 Å². The minimum absolute atomic E-state index is 0.0602. The van der Waals surface area contributed by atoms with Gasteiger partial charge in [0.15, 0.2) is 0 Å². The zero-order chi connectivity index (χ0) is 23.7. The molecule has 3 rings (SSSR count). The molecule has 1 amide bonds. The summed E-state index contributed by atoms with van der Waals surface area (Å²) < 4.78 is 64.8. The van der Waals surface area contributed by atoms with E-state index in [0.717, 1.165) is 31.7 Å². The van der Waals surface area contributed by atoms with Crippen molar-refractivity contribution in [3.05, 3.63) is 35.4 Å². The fraction of sp³-hybridized carbons (Fsp3) is 0.682. The predicted molar refractivity (Wildman–Crippen MR) is 116 cm³/mol. The molecule has 10 heteroatoms. The van der Waals surface area contributed by atoms with Crippen molar-refractivity contribution >= 4 is 15.9 Å². The number of nitrogens with zero attached hydrogens (tertiary/aromatic N) is 1. The highest BCUT2D eigenvalue weighted by Gasteiger charge is 2.43. The Labute approximate surface area is 188 Å². The molecule has 4 atom stereocenters. The second-order valence-electron chi connectivity index (χ2n) is 9.58. The van der Waals surface area contributed by atoms with E-state index in [-0.39, 0.29) is 23.8 Å². The van der Waals surface area contributed by atoms with Gasteiger partial charge in [-0.2, -0.15) is 13.2 Å². The number of hydrogen-bond acceptors (Lipinski definition) is 4. The van der Waals surface area contributed by atoms with Crippen LogP contribution in [0.2, 0.25) is 0 Å². The third kappa shape index (κ3) is 6.68. The number of likely N-dealkylation sites (tertiary alicyclic amines) is 1. The van der Waals surface area contributed by atoms with Gasteiger partial charge in [-0.05, 0) is 48.6 Å². The summed E-state index contributed by atoms with van der Waals surface area (Å²) in [6.45, 7) is 5.77. The smallest absolute Gasteiger partial charge is 0.352 e. The Bertz CT molecular complexity index is 920. The first-order valence-electron chi connectivity index (χ1n) is 11.0. The lowest BCUT2D eigenvalue weighted by Crippen LogP contribution is -2.51. The molecule has 1 saturated heterocycles. The molecular weight excluding hydrogens is 443 g/mol. The highest BCUT2D eigenvalue weighted by Crippen LogP contribution is 2.39. The molecule has 1 aromatic rings. The maximum absolute atomic E-state index is 13.0. The van der Waals surface area contributed by atoms with Crippen LogP contribution in [-0.4, -0.2) is 50.7 Å². The van der Waals surface area contributed by atoms with Crippen molar-refractivity contribution < 1.29 is 26.4 Å². The monoisotopic (exact) mass is 475 g/mol. The minimum atomic E-state index is -4.36. The molecule has 1 aromatic carbocycles. The minimum Gasteiger partial charge on any atom is -0.352 e. The number of sulfonamides is 1. The summed E-state index contributed by atoms with van der Waals surface area (Å²) >= 11 is 0. The number of rotatable bonds is 8. The van der Waals surface area contributed by atoms with Gasteiger partial charge in [-0.1, -0.05) is 32.0 Å². The zero-order valence-corrected chi connectivity index (χ0v) is 19.5. The van der Waals surface area contributed by atoms with E-state index in [9.17, 15) is 26.4 Å². The van der Waals surface area contributed by atoms with Gasteiger partial charge in [0.25, 0.3) is 0 Å². The Balaban J connectivity index is 1.61. The van der Waals surface area contributed by atoms with E-state index in [4.69, 9.17) is 0 Å². The third-order valence-electron chi connectivity index (χ3n) is 6.30. The van der Waals surface area contributed by atoms with Crippen LogP contribution in [0.1, 0.15) is 44.2 Å². The molecule has 32 heavy (non-hydrogen) atoms. The number of fused-ring (bicyclic) bond motifs is 1. The molecule has 1 heterocycles. The lowest BCUT2D eigenvalue weighted by molar-refractivity contribution is -0.137. The van der Waals surface area contributed by atoms with Gasteiger partial charge in [-0.25, -0.2) is 13.1 Å². The fourth-order valence-corrected chi connectivity index (χ4v) is 5.71. The Morgan fingerprint density at radius 1 is 1.22 bits per heavy atom. The molecule has 0 radical (unpaired) electrons. The number of halogens is 3. The summed E-state index contributed by atoms with van der Waals surface area (Å²) in [5.41, 5.74) is -0.0242. The van der Waals surface area contributed by atoms with Crippen LogP contribution in [-0.2, 0) is 27.5 Å². The molecule has 2 aliphatic rings. The highest BCUT2D eigenvalue weighted by atomic mass is 32.2. The largest absolute Gasteiger partial charge is 0.416 e. The fourth-order valence-electron chi connectivity index (χ4n) is 4.99. The molecular formula is C22H32F3N3O3S. The molecule has 0 spiro atoms. The number of carbonyl (C=O) groups excluding carboxylic acids is 1. The van der Waals surface area contributed by atoms with E-state index in [1.54, 1.807) is 6.07 Å². The standard InChI is InChI=1S/C22H32F3N3O3S/c1-14(2)9-20(27-32(3,30)31)21(29)26-19-8-7-16-12-28(13-18(16)19)11-15-5-4-6-17(10-15)22(23,24)25/h4-6,10,14,16,18-20,27H,7-9,11-13H2,1-3H3,(H,26,29)/t16-,18?,19?,20?/m0/s1. The van der Waals surface area contributed by atoms with Crippen molar-refractivity contribution in [3.8, 4) is 0 Å². The maximum atomic E-state index is 13.0. The average Bonchev–Trinajstić information content (AvgIpc) is 3.20. The highest BCUT2D eigenvalue weighted by molar-refractivity contribution is 7.88. The van der Waals surface area contributed by atoms with Gasteiger partial charge in [-0.3, -0.25) is 9.69 Å². The molecule has 2 N–H and O–H groups in total. The summed E-state index contributed by atoms with van der Waals surface area (Å²) in [5, 5.41) is 3.05. The molecule has 0 aromatic heterocycles. The van der Waals surface area contributed by atoms with Crippen LogP contribution in [0, 0.1) is 17.8 Å². The van der Waals surface area contributed by atoms with Gasteiger partial charge >= 0.3 is 6.18 Å². The normalized spacial score (nSPS) is 25.2. The molecule has 6 nitrogen and oxygen atoms in total. The van der Waals surface area contributed by atoms with E-state index in [1.165, 1.54) is 12.1 Å². The van der Waals surface area contributed by atoms with Gasteiger partial charge in [0.05, 0.1) is 11.8 Å².